The highest BCUT2D eigenvalue weighted by molar-refractivity contribution is 9.10. The zero-order valence-corrected chi connectivity index (χ0v) is 9.92. The number of hydrogen-bond donors (Lipinski definition) is 0. The first-order chi connectivity index (χ1) is 7.16. The minimum Gasteiger partial charge on any atom is -0.240 e. The highest BCUT2D eigenvalue weighted by Gasteiger charge is 2.01. The molecule has 1 aromatic heterocycles. The quantitative estimate of drug-likeness (QED) is 0.594. The number of aromatic nitrogens is 1. The van der Waals surface area contributed by atoms with E-state index in [0.29, 0.717) is 10.2 Å². The van der Waals surface area contributed by atoms with Crippen molar-refractivity contribution in [2.75, 3.05) is 0 Å². The number of benzene rings is 1. The molecule has 0 atom stereocenters. The first kappa shape index (κ1) is 10.3. The van der Waals surface area contributed by atoms with E-state index < -0.39 is 10.3 Å². The third kappa shape index (κ3) is 2.24. The van der Waals surface area contributed by atoms with E-state index in [0.717, 1.165) is 16.3 Å². The van der Waals surface area contributed by atoms with Crippen LogP contribution in [0.5, 0.6) is 0 Å². The van der Waals surface area contributed by atoms with Gasteiger partial charge < -0.3 is 0 Å². The van der Waals surface area contributed by atoms with Crippen LogP contribution in [-0.2, 0) is 10.3 Å². The van der Waals surface area contributed by atoms with Gasteiger partial charge in [0.25, 0.3) is 0 Å². The molecule has 1 aromatic carbocycles. The Kier molecular flexibility index (Phi) is 2.83. The zero-order valence-electron chi connectivity index (χ0n) is 7.51. The summed E-state index contributed by atoms with van der Waals surface area (Å²) in [6, 6.07) is 9.31. The molecule has 0 radical (unpaired) electrons. The second-order valence-corrected chi connectivity index (χ2v) is 4.45. The average Bonchev–Trinajstić information content (AvgIpc) is 2.18. The molecule has 0 amide bonds. The lowest BCUT2D eigenvalue weighted by atomic mass is 10.2. The molecule has 3 nitrogen and oxygen atoms in total. The van der Waals surface area contributed by atoms with E-state index in [4.69, 9.17) is 0 Å². The van der Waals surface area contributed by atoms with Gasteiger partial charge in [-0.1, -0.05) is 18.2 Å². The van der Waals surface area contributed by atoms with Crippen molar-refractivity contribution < 1.29 is 8.42 Å². The first-order valence-electron chi connectivity index (χ1n) is 4.15. The van der Waals surface area contributed by atoms with Crippen LogP contribution in [0, 0.1) is 0 Å². The maximum Gasteiger partial charge on any atom is 0.214 e. The van der Waals surface area contributed by atoms with Gasteiger partial charge in [0.1, 0.15) is 4.60 Å². The Balaban J connectivity index is 2.78. The summed E-state index contributed by atoms with van der Waals surface area (Å²) in [6.07, 6.45) is 0. The third-order valence-corrected chi connectivity index (χ3v) is 3.01. The van der Waals surface area contributed by atoms with E-state index in [1.165, 1.54) is 0 Å². The van der Waals surface area contributed by atoms with Gasteiger partial charge in [0.15, 0.2) is 0 Å². The van der Waals surface area contributed by atoms with Gasteiger partial charge in [0, 0.05) is 10.9 Å². The highest BCUT2D eigenvalue weighted by Crippen LogP contribution is 2.19. The molecule has 2 rings (SSSR count). The van der Waals surface area contributed by atoms with Crippen LogP contribution < -0.4 is 0 Å². The zero-order chi connectivity index (χ0) is 10.8. The van der Waals surface area contributed by atoms with Crippen molar-refractivity contribution in [1.82, 2.24) is 4.98 Å². The Morgan fingerprint density at radius 3 is 2.73 bits per heavy atom. The molecule has 0 unspecified atom stereocenters. The molecular formula is C10H6BrNO2S. The van der Waals surface area contributed by atoms with Crippen LogP contribution in [0.2, 0.25) is 0 Å². The number of pyridine rings is 1. The fourth-order valence-corrected chi connectivity index (χ4v) is 2.25. The van der Waals surface area contributed by atoms with Crippen LogP contribution in [0.4, 0.5) is 0 Å². The van der Waals surface area contributed by atoms with Crippen LogP contribution in [0.3, 0.4) is 0 Å². The van der Waals surface area contributed by atoms with Crippen molar-refractivity contribution in [3.05, 3.63) is 40.5 Å². The predicted octanol–water partition coefficient (Wildman–Crippen LogP) is 2.03. The van der Waals surface area contributed by atoms with E-state index in [1.54, 1.807) is 6.07 Å². The molecule has 1 heterocycles. The molecule has 5 heteroatoms. The normalized spacial score (nSPS) is 10.2. The number of nitrogens with zero attached hydrogens (tertiary/aromatic N) is 1. The van der Waals surface area contributed by atoms with Gasteiger partial charge in [-0.25, -0.2) is 4.98 Å². The maximum atomic E-state index is 10.6. The minimum atomic E-state index is -2.21. The summed E-state index contributed by atoms with van der Waals surface area (Å²) in [5.41, 5.74) is 1.39. The van der Waals surface area contributed by atoms with E-state index in [1.807, 2.05) is 24.3 Å². The maximum absolute atomic E-state index is 10.6. The molecule has 15 heavy (non-hydrogen) atoms. The lowest BCUT2D eigenvalue weighted by Gasteiger charge is -2.00. The van der Waals surface area contributed by atoms with Gasteiger partial charge in [-0.3, -0.25) is 0 Å². The molecule has 0 aliphatic heterocycles. The van der Waals surface area contributed by atoms with Crippen molar-refractivity contribution >= 4 is 42.5 Å². The second kappa shape index (κ2) is 4.12. The standard InChI is InChI=1S/C10H6BrNO2S/c11-10-8(6-15(13)14)5-7-3-1-2-4-9(7)12-10/h1-6H. The SMILES string of the molecule is O=S(=O)=Cc1cc2ccccc2nc1Br. The monoisotopic (exact) mass is 283 g/mol. The predicted molar refractivity (Wildman–Crippen MR) is 63.5 cm³/mol. The molecule has 0 saturated carbocycles. The van der Waals surface area contributed by atoms with Crippen LogP contribution in [0.25, 0.3) is 10.9 Å². The van der Waals surface area contributed by atoms with E-state index >= 15 is 0 Å². The Morgan fingerprint density at radius 1 is 1.27 bits per heavy atom. The Bertz CT molecular complexity index is 642. The summed E-state index contributed by atoms with van der Waals surface area (Å²) >= 11 is 3.23. The topological polar surface area (TPSA) is 47.0 Å². The van der Waals surface area contributed by atoms with Crippen molar-refractivity contribution in [1.29, 1.82) is 0 Å². The molecule has 2 aromatic rings. The van der Waals surface area contributed by atoms with Crippen molar-refractivity contribution in [2.24, 2.45) is 0 Å². The average molecular weight is 284 g/mol. The van der Waals surface area contributed by atoms with Crippen molar-refractivity contribution in [2.45, 2.75) is 0 Å². The summed E-state index contributed by atoms with van der Waals surface area (Å²) in [5.74, 6) is 0. The number of fused-ring (bicyclic) bond motifs is 1. The largest absolute Gasteiger partial charge is 0.240 e. The number of para-hydroxylation sites is 1. The molecule has 0 aliphatic rings. The number of rotatable bonds is 1. The van der Waals surface area contributed by atoms with Crippen LogP contribution in [0.1, 0.15) is 5.56 Å². The Labute approximate surface area is 96.4 Å². The second-order valence-electron chi connectivity index (χ2n) is 2.94. The summed E-state index contributed by atoms with van der Waals surface area (Å²) in [6.45, 7) is 0. The third-order valence-electron chi connectivity index (χ3n) is 1.93. The fraction of sp³-hybridized carbons (Fsp3) is 0. The van der Waals surface area contributed by atoms with Gasteiger partial charge >= 0.3 is 0 Å². The Hall–Kier alpha value is -1.20. The summed E-state index contributed by atoms with van der Waals surface area (Å²) in [4.78, 5) is 4.24. The van der Waals surface area contributed by atoms with Crippen LogP contribution in [-0.4, -0.2) is 18.8 Å². The fourth-order valence-electron chi connectivity index (χ4n) is 1.30. The van der Waals surface area contributed by atoms with E-state index in [2.05, 4.69) is 20.9 Å². The molecule has 0 aliphatic carbocycles. The highest BCUT2D eigenvalue weighted by atomic mass is 79.9. The van der Waals surface area contributed by atoms with Gasteiger partial charge in [-0.05, 0) is 28.1 Å². The van der Waals surface area contributed by atoms with Crippen LogP contribution >= 0.6 is 15.9 Å². The summed E-state index contributed by atoms with van der Waals surface area (Å²) in [7, 11) is -2.21. The van der Waals surface area contributed by atoms with E-state index in [-0.39, 0.29) is 0 Å². The lowest BCUT2D eigenvalue weighted by Crippen LogP contribution is -1.89. The molecule has 76 valence electrons. The molecule has 0 N–H and O–H groups in total. The van der Waals surface area contributed by atoms with Crippen molar-refractivity contribution in [3.63, 3.8) is 0 Å². The number of hydrogen-bond acceptors (Lipinski definition) is 3. The molecule has 0 fully saturated rings. The molecular weight excluding hydrogens is 278 g/mol. The van der Waals surface area contributed by atoms with Gasteiger partial charge in [0.2, 0.25) is 10.3 Å². The molecule has 0 bridgehead atoms. The molecule has 0 saturated heterocycles. The van der Waals surface area contributed by atoms with Gasteiger partial charge in [0.05, 0.1) is 10.9 Å². The van der Waals surface area contributed by atoms with Crippen LogP contribution in [0.15, 0.2) is 34.9 Å². The van der Waals surface area contributed by atoms with Crippen molar-refractivity contribution in [3.8, 4) is 0 Å². The Morgan fingerprint density at radius 2 is 2.00 bits per heavy atom. The first-order valence-corrected chi connectivity index (χ1v) is 6.08. The summed E-state index contributed by atoms with van der Waals surface area (Å²) < 4.78 is 21.6. The number of halogens is 1. The van der Waals surface area contributed by atoms with E-state index in [9.17, 15) is 8.42 Å². The summed E-state index contributed by atoms with van der Waals surface area (Å²) in [5, 5.41) is 2.04. The lowest BCUT2D eigenvalue weighted by molar-refractivity contribution is 0.627. The van der Waals surface area contributed by atoms with Gasteiger partial charge in [-0.2, -0.15) is 8.42 Å². The molecule has 0 spiro atoms. The van der Waals surface area contributed by atoms with Gasteiger partial charge in [-0.15, -0.1) is 0 Å². The minimum absolute atomic E-state index is 0.533. The smallest absolute Gasteiger partial charge is 0.214 e.